The Balaban J connectivity index is 1.45. The highest BCUT2D eigenvalue weighted by atomic mass is 16.5. The Morgan fingerprint density at radius 2 is 2.14 bits per heavy atom. The fraction of sp³-hybridized carbons (Fsp3) is 0.333. The summed E-state index contributed by atoms with van der Waals surface area (Å²) >= 11 is 0. The highest BCUT2D eigenvalue weighted by molar-refractivity contribution is 5.91. The van der Waals surface area contributed by atoms with Crippen LogP contribution in [0.15, 0.2) is 47.1 Å². The minimum atomic E-state index is -0.256. The molecule has 144 valence electrons. The maximum atomic E-state index is 12.7. The first kappa shape index (κ1) is 17.1. The van der Waals surface area contributed by atoms with Crippen LogP contribution in [0.2, 0.25) is 0 Å². The normalized spacial score (nSPS) is 21.1. The van der Waals surface area contributed by atoms with E-state index >= 15 is 0 Å². The van der Waals surface area contributed by atoms with Crippen LogP contribution < -0.4 is 4.74 Å². The van der Waals surface area contributed by atoms with Crippen LogP contribution in [0.5, 0.6) is 5.75 Å². The van der Waals surface area contributed by atoms with Gasteiger partial charge >= 0.3 is 0 Å². The summed E-state index contributed by atoms with van der Waals surface area (Å²) in [6, 6.07) is 11.3. The molecule has 1 spiro atoms. The number of rotatable bonds is 3. The lowest BCUT2D eigenvalue weighted by molar-refractivity contribution is 0.0493. The minimum Gasteiger partial charge on any atom is -0.497 e. The number of likely N-dealkylation sites (tertiary alicyclic amines) is 1. The monoisotopic (exact) mass is 379 g/mol. The number of benzene rings is 1. The molecule has 1 aromatic carbocycles. The van der Waals surface area contributed by atoms with Gasteiger partial charge in [0, 0.05) is 24.2 Å². The molecule has 3 aromatic rings. The lowest BCUT2D eigenvalue weighted by atomic mass is 9.80. The molecule has 0 radical (unpaired) electrons. The number of methoxy groups -OCH3 is 1. The molecule has 0 bridgehead atoms. The largest absolute Gasteiger partial charge is 0.497 e. The second-order valence-electron chi connectivity index (χ2n) is 7.38. The van der Waals surface area contributed by atoms with Crippen molar-refractivity contribution in [1.82, 2.24) is 15.1 Å². The summed E-state index contributed by atoms with van der Waals surface area (Å²) in [7, 11) is 1.65. The quantitative estimate of drug-likeness (QED) is 0.757. The van der Waals surface area contributed by atoms with Gasteiger partial charge in [0.05, 0.1) is 43.4 Å². The molecule has 0 aliphatic carbocycles. The third-order valence-corrected chi connectivity index (χ3v) is 5.76. The number of carbonyl (C=O) groups excluding carboxylic acids is 1. The van der Waals surface area contributed by atoms with Gasteiger partial charge in [-0.3, -0.25) is 9.89 Å². The van der Waals surface area contributed by atoms with Crippen LogP contribution in [0, 0.1) is 0 Å². The first-order chi connectivity index (χ1) is 13.7. The number of ether oxygens (including phenoxy) is 2. The van der Waals surface area contributed by atoms with Crippen LogP contribution >= 0.6 is 0 Å². The molecule has 7 nitrogen and oxygen atoms in total. The lowest BCUT2D eigenvalue weighted by Crippen LogP contribution is -2.40. The molecule has 1 saturated heterocycles. The van der Waals surface area contributed by atoms with Gasteiger partial charge in [-0.05, 0) is 42.8 Å². The van der Waals surface area contributed by atoms with Crippen molar-refractivity contribution in [2.75, 3.05) is 26.8 Å². The zero-order valence-corrected chi connectivity index (χ0v) is 15.6. The van der Waals surface area contributed by atoms with Crippen LogP contribution in [0.25, 0.3) is 11.3 Å². The number of furan rings is 1. The number of hydrogen-bond donors (Lipinski definition) is 1. The minimum absolute atomic E-state index is 0.0797. The van der Waals surface area contributed by atoms with E-state index in [1.807, 2.05) is 29.2 Å². The summed E-state index contributed by atoms with van der Waals surface area (Å²) in [5.74, 6) is 1.10. The molecule has 2 aliphatic rings. The van der Waals surface area contributed by atoms with E-state index in [1.54, 1.807) is 19.2 Å². The van der Waals surface area contributed by atoms with Crippen molar-refractivity contribution in [1.29, 1.82) is 0 Å². The highest BCUT2D eigenvalue weighted by Gasteiger charge is 2.47. The number of nitrogens with one attached hydrogen (secondary N) is 1. The topological polar surface area (TPSA) is 80.6 Å². The molecule has 4 heterocycles. The molecular formula is C21H21N3O4. The molecule has 1 fully saturated rings. The molecule has 1 atom stereocenters. The van der Waals surface area contributed by atoms with Crippen LogP contribution in [0.4, 0.5) is 0 Å². The van der Waals surface area contributed by atoms with Gasteiger partial charge in [-0.2, -0.15) is 5.10 Å². The van der Waals surface area contributed by atoms with Crippen molar-refractivity contribution in [2.45, 2.75) is 18.4 Å². The van der Waals surface area contributed by atoms with Gasteiger partial charge in [0.25, 0.3) is 5.91 Å². The number of amides is 1. The number of nitrogens with zero attached hydrogens (tertiary/aromatic N) is 2. The Kier molecular flexibility index (Phi) is 3.98. The molecule has 28 heavy (non-hydrogen) atoms. The van der Waals surface area contributed by atoms with E-state index in [9.17, 15) is 4.79 Å². The number of fused-ring (bicyclic) bond motifs is 2. The summed E-state index contributed by atoms with van der Waals surface area (Å²) in [6.07, 6.45) is 2.35. The fourth-order valence-corrected chi connectivity index (χ4v) is 4.28. The Bertz CT molecular complexity index is 993. The molecule has 5 rings (SSSR count). The van der Waals surface area contributed by atoms with Gasteiger partial charge in [-0.1, -0.05) is 0 Å². The van der Waals surface area contributed by atoms with Gasteiger partial charge < -0.3 is 18.8 Å². The van der Waals surface area contributed by atoms with Crippen molar-refractivity contribution in [3.8, 4) is 17.0 Å². The molecule has 2 aliphatic heterocycles. The molecule has 0 saturated carbocycles. The van der Waals surface area contributed by atoms with E-state index in [2.05, 4.69) is 10.2 Å². The Morgan fingerprint density at radius 1 is 1.29 bits per heavy atom. The van der Waals surface area contributed by atoms with Crippen molar-refractivity contribution in [3.63, 3.8) is 0 Å². The molecule has 2 aromatic heterocycles. The summed E-state index contributed by atoms with van der Waals surface area (Å²) in [6.45, 7) is 2.34. The zero-order chi connectivity index (χ0) is 19.1. The Hall–Kier alpha value is -3.06. The van der Waals surface area contributed by atoms with Crippen molar-refractivity contribution in [3.05, 3.63) is 59.7 Å². The summed E-state index contributed by atoms with van der Waals surface area (Å²) < 4.78 is 16.5. The fourth-order valence-electron chi connectivity index (χ4n) is 4.28. The van der Waals surface area contributed by atoms with Gasteiger partial charge in [-0.25, -0.2) is 0 Å². The number of aromatic amines is 1. The van der Waals surface area contributed by atoms with E-state index in [0.717, 1.165) is 34.7 Å². The summed E-state index contributed by atoms with van der Waals surface area (Å²) in [4.78, 5) is 14.5. The van der Waals surface area contributed by atoms with E-state index in [1.165, 1.54) is 6.26 Å². The zero-order valence-electron chi connectivity index (χ0n) is 15.6. The molecule has 1 N–H and O–H groups in total. The smallest absolute Gasteiger partial charge is 0.289 e. The third-order valence-electron chi connectivity index (χ3n) is 5.76. The standard InChI is InChI=1S/C21H21N3O4/c1-26-15-6-4-14(5-7-15)18-16-11-27-13-21(19(16)23-22-18)8-9-24(12-21)20(25)17-3-2-10-28-17/h2-7,10H,8-9,11-13H2,1H3,(H,22,23). The average molecular weight is 379 g/mol. The SMILES string of the molecule is COc1ccc(-c2n[nH]c3c2COCC32CCN(C(=O)c3ccco3)C2)cc1. The molecular weight excluding hydrogens is 358 g/mol. The average Bonchev–Trinajstić information content (AvgIpc) is 3.48. The van der Waals surface area contributed by atoms with E-state index in [0.29, 0.717) is 32.1 Å². The number of hydrogen-bond acceptors (Lipinski definition) is 5. The summed E-state index contributed by atoms with van der Waals surface area (Å²) in [5, 5.41) is 7.85. The van der Waals surface area contributed by atoms with Crippen molar-refractivity contribution < 1.29 is 18.7 Å². The molecule has 1 unspecified atom stereocenters. The van der Waals surface area contributed by atoms with Gasteiger partial charge in [0.1, 0.15) is 5.75 Å². The summed E-state index contributed by atoms with van der Waals surface area (Å²) in [5.41, 5.74) is 3.81. The lowest BCUT2D eigenvalue weighted by Gasteiger charge is -2.32. The van der Waals surface area contributed by atoms with Gasteiger partial charge in [-0.15, -0.1) is 0 Å². The van der Waals surface area contributed by atoms with Crippen molar-refractivity contribution >= 4 is 5.91 Å². The second kappa shape index (κ2) is 6.53. The molecule has 1 amide bonds. The van der Waals surface area contributed by atoms with Crippen LogP contribution in [0.1, 0.15) is 28.2 Å². The van der Waals surface area contributed by atoms with E-state index in [-0.39, 0.29) is 11.3 Å². The number of H-pyrrole nitrogens is 1. The third kappa shape index (κ3) is 2.62. The van der Waals surface area contributed by atoms with Gasteiger partial charge in [0.15, 0.2) is 5.76 Å². The first-order valence-electron chi connectivity index (χ1n) is 9.33. The second-order valence-corrected chi connectivity index (χ2v) is 7.38. The maximum Gasteiger partial charge on any atom is 0.289 e. The van der Waals surface area contributed by atoms with Crippen LogP contribution in [0.3, 0.4) is 0 Å². The van der Waals surface area contributed by atoms with Crippen LogP contribution in [-0.2, 0) is 16.8 Å². The Labute approximate surface area is 162 Å². The number of carbonyl (C=O) groups is 1. The highest BCUT2D eigenvalue weighted by Crippen LogP contribution is 2.42. The Morgan fingerprint density at radius 3 is 2.89 bits per heavy atom. The first-order valence-corrected chi connectivity index (χ1v) is 9.33. The van der Waals surface area contributed by atoms with Crippen LogP contribution in [-0.4, -0.2) is 47.8 Å². The predicted molar refractivity (Wildman–Crippen MR) is 101 cm³/mol. The van der Waals surface area contributed by atoms with E-state index in [4.69, 9.17) is 13.9 Å². The maximum absolute atomic E-state index is 12.7. The van der Waals surface area contributed by atoms with Gasteiger partial charge in [0.2, 0.25) is 0 Å². The van der Waals surface area contributed by atoms with Crippen molar-refractivity contribution in [2.24, 2.45) is 0 Å². The van der Waals surface area contributed by atoms with E-state index < -0.39 is 0 Å². The number of aromatic nitrogens is 2. The predicted octanol–water partition coefficient (Wildman–Crippen LogP) is 2.99. The molecule has 7 heteroatoms.